The quantitative estimate of drug-likeness (QED) is 0.312. The van der Waals surface area contributed by atoms with Gasteiger partial charge in [0.15, 0.2) is 0 Å². The Morgan fingerprint density at radius 1 is 1.06 bits per heavy atom. The predicted molar refractivity (Wildman–Crippen MR) is 122 cm³/mol. The summed E-state index contributed by atoms with van der Waals surface area (Å²) >= 11 is 0. The summed E-state index contributed by atoms with van der Waals surface area (Å²) in [6, 6.07) is 13.6. The van der Waals surface area contributed by atoms with Gasteiger partial charge in [0.25, 0.3) is 0 Å². The Hall–Kier alpha value is -4.08. The van der Waals surface area contributed by atoms with Crippen LogP contribution in [0.2, 0.25) is 0 Å². The third-order valence-electron chi connectivity index (χ3n) is 4.93. The fourth-order valence-electron chi connectivity index (χ4n) is 3.44. The molecule has 0 saturated carbocycles. The molecule has 34 heavy (non-hydrogen) atoms. The van der Waals surface area contributed by atoms with Crippen LogP contribution in [0.15, 0.2) is 59.7 Å². The number of ether oxygens (including phenoxy) is 1. The van der Waals surface area contributed by atoms with Gasteiger partial charge in [-0.3, -0.25) is 9.59 Å². The average Bonchev–Trinajstić information content (AvgIpc) is 3.07. The van der Waals surface area contributed by atoms with Gasteiger partial charge in [0.1, 0.15) is 5.75 Å². The van der Waals surface area contributed by atoms with E-state index < -0.39 is 23.6 Å². The number of carbonyl (C=O) groups is 2. The maximum atomic E-state index is 13.5. The first-order valence-corrected chi connectivity index (χ1v) is 10.3. The number of hydrazone groups is 1. The van der Waals surface area contributed by atoms with Crippen molar-refractivity contribution in [1.29, 1.82) is 0 Å². The summed E-state index contributed by atoms with van der Waals surface area (Å²) in [6.45, 7) is 5.48. The second-order valence-corrected chi connectivity index (χ2v) is 7.26. The Balaban J connectivity index is 1.74. The summed E-state index contributed by atoms with van der Waals surface area (Å²) in [5.74, 6) is -1.55. The van der Waals surface area contributed by atoms with E-state index in [1.165, 1.54) is 29.0 Å². The molecule has 0 unspecified atom stereocenters. The molecule has 1 heterocycles. The Kier molecular flexibility index (Phi) is 7.40. The molecule has 0 aliphatic rings. The maximum absolute atomic E-state index is 13.5. The van der Waals surface area contributed by atoms with E-state index in [1.54, 1.807) is 51.1 Å². The lowest BCUT2D eigenvalue weighted by atomic mass is 10.1. The van der Waals surface area contributed by atoms with Crippen LogP contribution < -0.4 is 15.5 Å². The van der Waals surface area contributed by atoms with E-state index in [-0.39, 0.29) is 5.69 Å². The summed E-state index contributed by atoms with van der Waals surface area (Å²) in [5, 5.41) is 6.24. The van der Waals surface area contributed by atoms with Crippen molar-refractivity contribution in [2.24, 2.45) is 5.10 Å². The molecule has 0 atom stereocenters. The average molecular weight is 472 g/mol. The van der Waals surface area contributed by atoms with Gasteiger partial charge >= 0.3 is 18.0 Å². The Morgan fingerprint density at radius 3 is 2.44 bits per heavy atom. The molecule has 7 nitrogen and oxygen atoms in total. The highest BCUT2D eigenvalue weighted by Crippen LogP contribution is 2.35. The lowest BCUT2D eigenvalue weighted by Crippen LogP contribution is -2.32. The molecule has 3 rings (SSSR count). The number of aryl methyl sites for hydroxylation is 1. The van der Waals surface area contributed by atoms with E-state index in [0.717, 1.165) is 6.07 Å². The van der Waals surface area contributed by atoms with E-state index in [0.29, 0.717) is 35.0 Å². The van der Waals surface area contributed by atoms with Gasteiger partial charge in [-0.15, -0.1) is 0 Å². The van der Waals surface area contributed by atoms with Gasteiger partial charge in [-0.05, 0) is 51.1 Å². The van der Waals surface area contributed by atoms with E-state index >= 15 is 0 Å². The fourth-order valence-corrected chi connectivity index (χ4v) is 3.44. The largest absolute Gasteiger partial charge is 0.492 e. The van der Waals surface area contributed by atoms with Gasteiger partial charge in [-0.1, -0.05) is 24.3 Å². The second-order valence-electron chi connectivity index (χ2n) is 7.26. The van der Waals surface area contributed by atoms with Crippen molar-refractivity contribution >= 4 is 23.7 Å². The van der Waals surface area contributed by atoms with Crippen molar-refractivity contribution in [2.45, 2.75) is 26.9 Å². The van der Waals surface area contributed by atoms with Gasteiger partial charge in [0.2, 0.25) is 0 Å². The molecule has 0 aliphatic carbocycles. The summed E-state index contributed by atoms with van der Waals surface area (Å²) in [4.78, 5) is 24.3. The molecule has 178 valence electrons. The van der Waals surface area contributed by atoms with Crippen molar-refractivity contribution in [1.82, 2.24) is 9.99 Å². The Morgan fingerprint density at radius 2 is 1.74 bits per heavy atom. The minimum Gasteiger partial charge on any atom is -0.492 e. The SMILES string of the molecule is CCOc1ccccc1NC(=O)C(=O)N/N=C\c1cc(C)n(-c2ccccc2C(F)(F)F)c1C. The van der Waals surface area contributed by atoms with Crippen LogP contribution in [0.25, 0.3) is 5.69 Å². The standard InChI is InChI=1S/C24H23F3N4O3/c1-4-34-21-12-8-6-10-19(21)29-22(32)23(33)30-28-14-17-13-15(2)31(16(17)3)20-11-7-5-9-18(20)24(25,26)27/h5-14H,4H2,1-3H3,(H,29,32)(H,30,33)/b28-14-. The molecule has 10 heteroatoms. The van der Waals surface area contributed by atoms with Gasteiger partial charge in [0.05, 0.1) is 29.8 Å². The fraction of sp³-hybridized carbons (Fsp3) is 0.208. The topological polar surface area (TPSA) is 84.7 Å². The third kappa shape index (κ3) is 5.45. The zero-order valence-electron chi connectivity index (χ0n) is 18.7. The second kappa shape index (κ2) is 10.2. The molecule has 0 saturated heterocycles. The molecular formula is C24H23F3N4O3. The minimum absolute atomic E-state index is 0.0129. The van der Waals surface area contributed by atoms with Crippen LogP contribution in [0, 0.1) is 13.8 Å². The van der Waals surface area contributed by atoms with Crippen LogP contribution in [0.3, 0.4) is 0 Å². The number of anilines is 1. The van der Waals surface area contributed by atoms with Crippen molar-refractivity contribution < 1.29 is 27.5 Å². The van der Waals surface area contributed by atoms with E-state index in [9.17, 15) is 22.8 Å². The lowest BCUT2D eigenvalue weighted by molar-refractivity contribution is -0.137. The molecule has 0 bridgehead atoms. The first-order valence-electron chi connectivity index (χ1n) is 10.3. The molecule has 0 radical (unpaired) electrons. The predicted octanol–water partition coefficient (Wildman–Crippen LogP) is 4.60. The number of nitrogens with zero attached hydrogens (tertiary/aromatic N) is 2. The molecule has 2 aromatic carbocycles. The van der Waals surface area contributed by atoms with E-state index in [1.807, 2.05) is 0 Å². The van der Waals surface area contributed by atoms with Crippen LogP contribution >= 0.6 is 0 Å². The van der Waals surface area contributed by atoms with Crippen LogP contribution in [0.1, 0.15) is 29.4 Å². The zero-order valence-corrected chi connectivity index (χ0v) is 18.7. The van der Waals surface area contributed by atoms with E-state index in [2.05, 4.69) is 15.8 Å². The molecule has 1 aromatic heterocycles. The highest BCUT2D eigenvalue weighted by Gasteiger charge is 2.34. The summed E-state index contributed by atoms with van der Waals surface area (Å²) < 4.78 is 47.3. The number of carbonyl (C=O) groups excluding carboxylic acids is 2. The highest BCUT2D eigenvalue weighted by atomic mass is 19.4. The molecular weight excluding hydrogens is 449 g/mol. The number of amides is 2. The number of alkyl halides is 3. The summed E-state index contributed by atoms with van der Waals surface area (Å²) in [7, 11) is 0. The first kappa shape index (κ1) is 24.6. The summed E-state index contributed by atoms with van der Waals surface area (Å²) in [5.41, 5.74) is 3.20. The third-order valence-corrected chi connectivity index (χ3v) is 4.93. The maximum Gasteiger partial charge on any atom is 0.418 e. The van der Waals surface area contributed by atoms with Crippen LogP contribution in [-0.2, 0) is 15.8 Å². The van der Waals surface area contributed by atoms with Crippen molar-refractivity contribution in [3.05, 3.63) is 77.1 Å². The molecule has 2 N–H and O–H groups in total. The van der Waals surface area contributed by atoms with Gasteiger partial charge in [-0.25, -0.2) is 5.43 Å². The van der Waals surface area contributed by atoms with Crippen molar-refractivity contribution in [2.75, 3.05) is 11.9 Å². The normalized spacial score (nSPS) is 11.5. The van der Waals surface area contributed by atoms with Crippen LogP contribution in [0.4, 0.5) is 18.9 Å². The number of benzene rings is 2. The molecule has 0 fully saturated rings. The molecule has 2 amide bonds. The molecule has 0 aliphatic heterocycles. The van der Waals surface area contributed by atoms with Crippen molar-refractivity contribution in [3.8, 4) is 11.4 Å². The Labute approximate surface area is 194 Å². The monoisotopic (exact) mass is 472 g/mol. The summed E-state index contributed by atoms with van der Waals surface area (Å²) in [6.07, 6.45) is -3.25. The first-order chi connectivity index (χ1) is 16.1. The molecule has 0 spiro atoms. The zero-order chi connectivity index (χ0) is 24.9. The van der Waals surface area contributed by atoms with Gasteiger partial charge < -0.3 is 14.6 Å². The minimum atomic E-state index is -4.52. The number of nitrogens with one attached hydrogen (secondary N) is 2. The van der Waals surface area contributed by atoms with Gasteiger partial charge in [-0.2, -0.15) is 18.3 Å². The lowest BCUT2D eigenvalue weighted by Gasteiger charge is -2.16. The number of aromatic nitrogens is 1. The number of halogens is 3. The number of rotatable bonds is 6. The number of hydrogen-bond acceptors (Lipinski definition) is 4. The van der Waals surface area contributed by atoms with Crippen molar-refractivity contribution in [3.63, 3.8) is 0 Å². The smallest absolute Gasteiger partial charge is 0.418 e. The highest BCUT2D eigenvalue weighted by molar-refractivity contribution is 6.39. The van der Waals surface area contributed by atoms with Crippen LogP contribution in [-0.4, -0.2) is 29.2 Å². The number of para-hydroxylation sites is 3. The van der Waals surface area contributed by atoms with Crippen LogP contribution in [0.5, 0.6) is 5.75 Å². The Bertz CT molecular complexity index is 1230. The van der Waals surface area contributed by atoms with Gasteiger partial charge in [0, 0.05) is 17.0 Å². The van der Waals surface area contributed by atoms with E-state index in [4.69, 9.17) is 4.74 Å². The molecule has 3 aromatic rings. The number of hydrogen-bond donors (Lipinski definition) is 2.